The first-order chi connectivity index (χ1) is 14.1. The van der Waals surface area contributed by atoms with Gasteiger partial charge in [-0.2, -0.15) is 5.26 Å². The van der Waals surface area contributed by atoms with E-state index in [0.29, 0.717) is 18.0 Å². The summed E-state index contributed by atoms with van der Waals surface area (Å²) in [6.45, 7) is 2.50. The third-order valence-corrected chi connectivity index (χ3v) is 5.26. The van der Waals surface area contributed by atoms with Crippen LogP contribution in [0, 0.1) is 21.8 Å². The number of rotatable bonds is 5. The zero-order valence-electron chi connectivity index (χ0n) is 15.8. The molecule has 4 aromatic rings. The van der Waals surface area contributed by atoms with Gasteiger partial charge >= 0.3 is 0 Å². The van der Waals surface area contributed by atoms with Crippen LogP contribution in [0.25, 0.3) is 22.7 Å². The Morgan fingerprint density at radius 1 is 1.14 bits per heavy atom. The van der Waals surface area contributed by atoms with Crippen LogP contribution in [0.2, 0.25) is 0 Å². The number of aromatic amines is 1. The van der Waals surface area contributed by atoms with Gasteiger partial charge in [-0.1, -0.05) is 36.4 Å². The van der Waals surface area contributed by atoms with Crippen LogP contribution in [0.15, 0.2) is 66.7 Å². The number of nitriles is 1. The van der Waals surface area contributed by atoms with E-state index in [2.05, 4.69) is 62.9 Å². The third-order valence-electron chi connectivity index (χ3n) is 4.54. The van der Waals surface area contributed by atoms with E-state index in [1.165, 1.54) is 3.57 Å². The van der Waals surface area contributed by atoms with E-state index in [9.17, 15) is 5.26 Å². The molecule has 0 bridgehead atoms. The van der Waals surface area contributed by atoms with Crippen LogP contribution in [-0.4, -0.2) is 9.97 Å². The van der Waals surface area contributed by atoms with Crippen LogP contribution in [0.1, 0.15) is 22.5 Å². The fourth-order valence-electron chi connectivity index (χ4n) is 3.03. The Morgan fingerprint density at radius 2 is 1.93 bits per heavy atom. The van der Waals surface area contributed by atoms with Crippen molar-refractivity contribution in [1.29, 1.82) is 5.26 Å². The molecule has 0 saturated heterocycles. The van der Waals surface area contributed by atoms with Crippen molar-refractivity contribution >= 4 is 45.3 Å². The number of benzene rings is 3. The highest BCUT2D eigenvalue weighted by Gasteiger charge is 2.10. The number of para-hydroxylation sites is 1. The molecule has 4 rings (SSSR count). The van der Waals surface area contributed by atoms with Crippen molar-refractivity contribution in [3.05, 3.63) is 92.8 Å². The molecule has 1 heterocycles. The van der Waals surface area contributed by atoms with Gasteiger partial charge < -0.3 is 9.72 Å². The second-order valence-electron chi connectivity index (χ2n) is 6.73. The van der Waals surface area contributed by atoms with Gasteiger partial charge in [0.25, 0.3) is 0 Å². The van der Waals surface area contributed by atoms with Gasteiger partial charge in [-0.25, -0.2) is 4.98 Å². The average molecular weight is 491 g/mol. The minimum atomic E-state index is 0.462. The fraction of sp³-hybridized carbons (Fsp3) is 0.0833. The number of imidazole rings is 1. The predicted octanol–water partition coefficient (Wildman–Crippen LogP) is 6.12. The Balaban J connectivity index is 1.63. The number of ether oxygens (including phenoxy) is 1. The second kappa shape index (κ2) is 8.50. The molecule has 142 valence electrons. The molecule has 0 amide bonds. The highest BCUT2D eigenvalue weighted by atomic mass is 127. The lowest BCUT2D eigenvalue weighted by atomic mass is 10.1. The molecule has 0 aliphatic rings. The number of aryl methyl sites for hydroxylation is 1. The molecule has 0 unspecified atom stereocenters. The van der Waals surface area contributed by atoms with Gasteiger partial charge in [0.1, 0.15) is 24.3 Å². The lowest BCUT2D eigenvalue weighted by molar-refractivity contribution is 0.305. The summed E-state index contributed by atoms with van der Waals surface area (Å²) in [4.78, 5) is 7.81. The maximum absolute atomic E-state index is 9.73. The maximum atomic E-state index is 9.73. The molecular formula is C24H18IN3O. The molecule has 0 saturated carbocycles. The molecule has 1 N–H and O–H groups in total. The van der Waals surface area contributed by atoms with E-state index >= 15 is 0 Å². The molecule has 4 nitrogen and oxygen atoms in total. The van der Waals surface area contributed by atoms with E-state index in [4.69, 9.17) is 4.74 Å². The summed E-state index contributed by atoms with van der Waals surface area (Å²) in [6.07, 6.45) is 1.81. The summed E-state index contributed by atoms with van der Waals surface area (Å²) in [5.74, 6) is 1.28. The number of aromatic nitrogens is 2. The first-order valence-corrected chi connectivity index (χ1v) is 10.2. The van der Waals surface area contributed by atoms with Crippen LogP contribution < -0.4 is 4.74 Å². The number of allylic oxidation sites excluding steroid dienone is 1. The first kappa shape index (κ1) is 19.2. The summed E-state index contributed by atoms with van der Waals surface area (Å²) in [5.41, 5.74) is 5.30. The monoisotopic (exact) mass is 491 g/mol. The van der Waals surface area contributed by atoms with Crippen LogP contribution >= 0.6 is 22.6 Å². The van der Waals surface area contributed by atoms with Gasteiger partial charge in [-0.15, -0.1) is 0 Å². The molecule has 0 aliphatic carbocycles. The van der Waals surface area contributed by atoms with Crippen LogP contribution in [0.4, 0.5) is 0 Å². The van der Waals surface area contributed by atoms with Gasteiger partial charge in [0.2, 0.25) is 0 Å². The van der Waals surface area contributed by atoms with Gasteiger partial charge in [0, 0.05) is 9.13 Å². The number of nitrogens with one attached hydrogen (secondary N) is 1. The normalized spacial score (nSPS) is 11.4. The van der Waals surface area contributed by atoms with Gasteiger partial charge in [0.15, 0.2) is 0 Å². The number of hydrogen-bond acceptors (Lipinski definition) is 3. The lowest BCUT2D eigenvalue weighted by Crippen LogP contribution is -1.97. The standard InChI is InChI=1S/C24H18IN3O/c1-16-6-11-21-22(12-16)28-24(27-21)19(14-26)13-18-4-2-3-5-23(18)29-15-17-7-9-20(25)10-8-17/h2-13H,15H2,1H3,(H,27,28)/b19-13-. The zero-order valence-corrected chi connectivity index (χ0v) is 18.0. The van der Waals surface area contributed by atoms with Crippen LogP contribution in [0.5, 0.6) is 5.75 Å². The summed E-state index contributed by atoms with van der Waals surface area (Å²) in [6, 6.07) is 24.2. The number of H-pyrrole nitrogens is 1. The quantitative estimate of drug-likeness (QED) is 0.270. The highest BCUT2D eigenvalue weighted by molar-refractivity contribution is 14.1. The zero-order chi connectivity index (χ0) is 20.2. The van der Waals surface area contributed by atoms with Gasteiger partial charge in [0.05, 0.1) is 16.6 Å². The van der Waals surface area contributed by atoms with E-state index in [1.54, 1.807) is 0 Å². The second-order valence-corrected chi connectivity index (χ2v) is 7.97. The minimum absolute atomic E-state index is 0.462. The number of fused-ring (bicyclic) bond motifs is 1. The van der Waals surface area contributed by atoms with Crippen molar-refractivity contribution < 1.29 is 4.74 Å². The van der Waals surface area contributed by atoms with Crippen molar-refractivity contribution in [1.82, 2.24) is 9.97 Å². The minimum Gasteiger partial charge on any atom is -0.488 e. The summed E-state index contributed by atoms with van der Waals surface area (Å²) >= 11 is 2.28. The molecule has 0 atom stereocenters. The Morgan fingerprint density at radius 3 is 2.72 bits per heavy atom. The van der Waals surface area contributed by atoms with Crippen molar-refractivity contribution in [3.8, 4) is 11.8 Å². The topological polar surface area (TPSA) is 61.7 Å². The molecule has 0 fully saturated rings. The fourth-order valence-corrected chi connectivity index (χ4v) is 3.39. The molecule has 1 aromatic heterocycles. The van der Waals surface area contributed by atoms with E-state index < -0.39 is 0 Å². The van der Waals surface area contributed by atoms with Gasteiger partial charge in [-0.05, 0) is 77.0 Å². The molecule has 0 radical (unpaired) electrons. The summed E-state index contributed by atoms with van der Waals surface area (Å²) < 4.78 is 7.22. The largest absolute Gasteiger partial charge is 0.488 e. The van der Waals surface area contributed by atoms with Crippen molar-refractivity contribution in [2.24, 2.45) is 0 Å². The van der Waals surface area contributed by atoms with Crippen molar-refractivity contribution in [2.75, 3.05) is 0 Å². The molecule has 5 heteroatoms. The summed E-state index contributed by atoms with van der Waals surface area (Å²) in [5, 5.41) is 9.73. The van der Waals surface area contributed by atoms with Crippen molar-refractivity contribution in [3.63, 3.8) is 0 Å². The third kappa shape index (κ3) is 4.49. The van der Waals surface area contributed by atoms with Crippen molar-refractivity contribution in [2.45, 2.75) is 13.5 Å². The molecule has 29 heavy (non-hydrogen) atoms. The van der Waals surface area contributed by atoms with Gasteiger partial charge in [-0.3, -0.25) is 0 Å². The average Bonchev–Trinajstić information content (AvgIpc) is 3.15. The number of halogens is 1. The number of hydrogen-bond donors (Lipinski definition) is 1. The summed E-state index contributed by atoms with van der Waals surface area (Å²) in [7, 11) is 0. The highest BCUT2D eigenvalue weighted by Crippen LogP contribution is 2.26. The Hall–Kier alpha value is -3.11. The van der Waals surface area contributed by atoms with E-state index in [1.807, 2.05) is 55.5 Å². The molecular weight excluding hydrogens is 473 g/mol. The van der Waals surface area contributed by atoms with E-state index in [0.717, 1.165) is 33.5 Å². The smallest absolute Gasteiger partial charge is 0.149 e. The molecule has 0 spiro atoms. The Labute approximate surface area is 183 Å². The van der Waals surface area contributed by atoms with E-state index in [-0.39, 0.29) is 0 Å². The predicted molar refractivity (Wildman–Crippen MR) is 124 cm³/mol. The Bertz CT molecular complexity index is 1230. The SMILES string of the molecule is Cc1ccc2nc(/C(C#N)=C\c3ccccc3OCc3ccc(I)cc3)[nH]c2c1. The maximum Gasteiger partial charge on any atom is 0.149 e. The lowest BCUT2D eigenvalue weighted by Gasteiger charge is -2.09. The van der Waals surface area contributed by atoms with Crippen LogP contribution in [-0.2, 0) is 6.61 Å². The molecule has 0 aliphatic heterocycles. The molecule has 3 aromatic carbocycles. The number of nitrogens with zero attached hydrogens (tertiary/aromatic N) is 2. The van der Waals surface area contributed by atoms with Crippen LogP contribution in [0.3, 0.4) is 0 Å². The first-order valence-electron chi connectivity index (χ1n) is 9.17. The Kier molecular flexibility index (Phi) is 5.63.